The maximum atomic E-state index is 12.8. The van der Waals surface area contributed by atoms with Crippen LogP contribution in [0.2, 0.25) is 0 Å². The standard InChI is InChI=1S/C14H16F3N3O4/c1-24-13(21)8-5-11(20(22)23)12(18-7-8)19-10-4-2-3-9(6-10)14(15,16)17/h5,7,9-10H,2-4,6H2,1H3,(H,18,19). The van der Waals surface area contributed by atoms with E-state index in [9.17, 15) is 28.1 Å². The van der Waals surface area contributed by atoms with E-state index >= 15 is 0 Å². The highest BCUT2D eigenvalue weighted by atomic mass is 19.4. The highest BCUT2D eigenvalue weighted by Crippen LogP contribution is 2.38. The van der Waals surface area contributed by atoms with E-state index in [1.54, 1.807) is 0 Å². The largest absolute Gasteiger partial charge is 0.465 e. The van der Waals surface area contributed by atoms with Crippen molar-refractivity contribution in [3.8, 4) is 0 Å². The van der Waals surface area contributed by atoms with Gasteiger partial charge in [0.15, 0.2) is 0 Å². The van der Waals surface area contributed by atoms with Crippen LogP contribution < -0.4 is 5.32 Å². The minimum absolute atomic E-state index is 0.0540. The van der Waals surface area contributed by atoms with Gasteiger partial charge in [-0.25, -0.2) is 9.78 Å². The van der Waals surface area contributed by atoms with E-state index < -0.39 is 34.7 Å². The topological polar surface area (TPSA) is 94.4 Å². The van der Waals surface area contributed by atoms with Crippen LogP contribution in [0.4, 0.5) is 24.7 Å². The summed E-state index contributed by atoms with van der Waals surface area (Å²) in [7, 11) is 1.12. The summed E-state index contributed by atoms with van der Waals surface area (Å²) in [5, 5.41) is 13.9. The average molecular weight is 347 g/mol. The van der Waals surface area contributed by atoms with Crippen molar-refractivity contribution in [2.45, 2.75) is 37.9 Å². The lowest BCUT2D eigenvalue weighted by Gasteiger charge is -2.31. The van der Waals surface area contributed by atoms with Crippen LogP contribution in [-0.2, 0) is 4.74 Å². The zero-order chi connectivity index (χ0) is 17.9. The van der Waals surface area contributed by atoms with Crippen LogP contribution in [0.5, 0.6) is 0 Å². The maximum absolute atomic E-state index is 12.8. The molecule has 1 heterocycles. The Hall–Kier alpha value is -2.39. The Labute approximate surface area is 135 Å². The summed E-state index contributed by atoms with van der Waals surface area (Å²) in [5.74, 6) is -2.37. The molecule has 0 radical (unpaired) electrons. The molecule has 0 spiro atoms. The predicted octanol–water partition coefficient (Wildman–Crippen LogP) is 3.31. The molecule has 1 saturated carbocycles. The Morgan fingerprint density at radius 2 is 2.17 bits per heavy atom. The molecule has 1 aliphatic carbocycles. The molecular formula is C14H16F3N3O4. The van der Waals surface area contributed by atoms with Crippen LogP contribution >= 0.6 is 0 Å². The van der Waals surface area contributed by atoms with Crippen LogP contribution in [0, 0.1) is 16.0 Å². The molecule has 7 nitrogen and oxygen atoms in total. The Morgan fingerprint density at radius 3 is 2.75 bits per heavy atom. The second-order valence-corrected chi connectivity index (χ2v) is 5.59. The molecule has 0 amide bonds. The zero-order valence-corrected chi connectivity index (χ0v) is 12.8. The number of nitrogens with one attached hydrogen (secondary N) is 1. The highest BCUT2D eigenvalue weighted by molar-refractivity contribution is 5.90. The molecule has 1 aliphatic rings. The summed E-state index contributed by atoms with van der Waals surface area (Å²) in [6.07, 6.45) is -2.47. The molecule has 2 rings (SSSR count). The van der Waals surface area contributed by atoms with Gasteiger partial charge >= 0.3 is 17.8 Å². The molecule has 2 atom stereocenters. The number of ether oxygens (including phenoxy) is 1. The summed E-state index contributed by atoms with van der Waals surface area (Å²) < 4.78 is 43.0. The zero-order valence-electron chi connectivity index (χ0n) is 12.8. The second-order valence-electron chi connectivity index (χ2n) is 5.59. The van der Waals surface area contributed by atoms with Crippen molar-refractivity contribution in [3.63, 3.8) is 0 Å². The second kappa shape index (κ2) is 7.02. The van der Waals surface area contributed by atoms with E-state index in [-0.39, 0.29) is 24.2 Å². The Bertz CT molecular complexity index is 636. The summed E-state index contributed by atoms with van der Waals surface area (Å²) in [6.45, 7) is 0. The summed E-state index contributed by atoms with van der Waals surface area (Å²) in [4.78, 5) is 25.6. The van der Waals surface area contributed by atoms with Gasteiger partial charge in [0.1, 0.15) is 0 Å². The molecule has 24 heavy (non-hydrogen) atoms. The Kier molecular flexibility index (Phi) is 5.25. The number of nitrogens with zero attached hydrogens (tertiary/aromatic N) is 2. The molecule has 0 bridgehead atoms. The summed E-state index contributed by atoms with van der Waals surface area (Å²) >= 11 is 0. The normalized spacial score (nSPS) is 21.2. The first-order valence-corrected chi connectivity index (χ1v) is 7.28. The van der Waals surface area contributed by atoms with E-state index in [1.807, 2.05) is 0 Å². The van der Waals surface area contributed by atoms with Crippen molar-refractivity contribution >= 4 is 17.5 Å². The fourth-order valence-corrected chi connectivity index (χ4v) is 2.74. The third-order valence-electron chi connectivity index (χ3n) is 3.96. The molecule has 0 saturated heterocycles. The minimum atomic E-state index is -4.28. The lowest BCUT2D eigenvalue weighted by Crippen LogP contribution is -2.35. The first-order valence-electron chi connectivity index (χ1n) is 7.28. The number of carbonyl (C=O) groups excluding carboxylic acids is 1. The minimum Gasteiger partial charge on any atom is -0.465 e. The molecule has 2 unspecified atom stereocenters. The number of pyridine rings is 1. The third kappa shape index (κ3) is 4.12. The Balaban J connectivity index is 2.19. The van der Waals surface area contributed by atoms with Crippen LogP contribution in [0.1, 0.15) is 36.0 Å². The van der Waals surface area contributed by atoms with Crippen molar-refractivity contribution in [2.75, 3.05) is 12.4 Å². The first kappa shape index (κ1) is 18.0. The number of carbonyl (C=O) groups is 1. The number of anilines is 1. The third-order valence-corrected chi connectivity index (χ3v) is 3.96. The molecule has 1 aromatic rings. The molecule has 132 valence electrons. The number of hydrogen-bond acceptors (Lipinski definition) is 6. The van der Waals surface area contributed by atoms with Gasteiger partial charge in [0.25, 0.3) is 0 Å². The van der Waals surface area contributed by atoms with Gasteiger partial charge < -0.3 is 10.1 Å². The summed E-state index contributed by atoms with van der Waals surface area (Å²) in [5.41, 5.74) is -0.585. The van der Waals surface area contributed by atoms with Gasteiger partial charge in [0, 0.05) is 18.3 Å². The Morgan fingerprint density at radius 1 is 1.46 bits per heavy atom. The molecule has 1 N–H and O–H groups in total. The number of esters is 1. The number of nitro groups is 1. The molecule has 0 aliphatic heterocycles. The van der Waals surface area contributed by atoms with Gasteiger partial charge in [0.2, 0.25) is 5.82 Å². The molecule has 1 aromatic heterocycles. The van der Waals surface area contributed by atoms with E-state index in [4.69, 9.17) is 0 Å². The van der Waals surface area contributed by atoms with Gasteiger partial charge in [-0.15, -0.1) is 0 Å². The van der Waals surface area contributed by atoms with E-state index in [2.05, 4.69) is 15.0 Å². The van der Waals surface area contributed by atoms with E-state index in [1.165, 1.54) is 0 Å². The van der Waals surface area contributed by atoms with Crippen LogP contribution in [0.15, 0.2) is 12.3 Å². The number of methoxy groups -OCH3 is 1. The fourth-order valence-electron chi connectivity index (χ4n) is 2.74. The molecular weight excluding hydrogens is 331 g/mol. The summed E-state index contributed by atoms with van der Waals surface area (Å²) in [6, 6.07) is 0.422. The lowest BCUT2D eigenvalue weighted by molar-refractivity contribution is -0.384. The number of alkyl halides is 3. The number of aromatic nitrogens is 1. The van der Waals surface area contributed by atoms with Gasteiger partial charge in [-0.2, -0.15) is 13.2 Å². The van der Waals surface area contributed by atoms with Crippen LogP contribution in [0.25, 0.3) is 0 Å². The number of halogens is 3. The number of hydrogen-bond donors (Lipinski definition) is 1. The smallest absolute Gasteiger partial charge is 0.391 e. The van der Waals surface area contributed by atoms with Crippen molar-refractivity contribution in [1.29, 1.82) is 0 Å². The van der Waals surface area contributed by atoms with Gasteiger partial charge in [-0.05, 0) is 19.3 Å². The van der Waals surface area contributed by atoms with Gasteiger partial charge in [-0.1, -0.05) is 6.42 Å². The van der Waals surface area contributed by atoms with Crippen molar-refractivity contribution in [2.24, 2.45) is 5.92 Å². The quantitative estimate of drug-likeness (QED) is 0.510. The SMILES string of the molecule is COC(=O)c1cnc(NC2CCCC(C(F)(F)F)C2)c([N+](=O)[O-])c1. The molecule has 10 heteroatoms. The van der Waals surface area contributed by atoms with Crippen molar-refractivity contribution < 1.29 is 27.6 Å². The van der Waals surface area contributed by atoms with Crippen LogP contribution in [-0.4, -0.2) is 35.2 Å². The fraction of sp³-hybridized carbons (Fsp3) is 0.571. The van der Waals surface area contributed by atoms with Crippen molar-refractivity contribution in [3.05, 3.63) is 27.9 Å². The monoisotopic (exact) mass is 347 g/mol. The van der Waals surface area contributed by atoms with E-state index in [0.29, 0.717) is 12.8 Å². The first-order chi connectivity index (χ1) is 11.2. The lowest BCUT2D eigenvalue weighted by atomic mass is 9.85. The van der Waals surface area contributed by atoms with Crippen molar-refractivity contribution in [1.82, 2.24) is 4.98 Å². The average Bonchev–Trinajstić information content (AvgIpc) is 2.53. The van der Waals surface area contributed by atoms with E-state index in [0.717, 1.165) is 19.4 Å². The molecule has 1 fully saturated rings. The number of rotatable bonds is 4. The highest BCUT2D eigenvalue weighted by Gasteiger charge is 2.42. The predicted molar refractivity (Wildman–Crippen MR) is 77.7 cm³/mol. The maximum Gasteiger partial charge on any atom is 0.391 e. The van der Waals surface area contributed by atoms with Gasteiger partial charge in [-0.3, -0.25) is 10.1 Å². The van der Waals surface area contributed by atoms with Gasteiger partial charge in [0.05, 0.1) is 23.5 Å². The van der Waals surface area contributed by atoms with Crippen LogP contribution in [0.3, 0.4) is 0 Å². The molecule has 0 aromatic carbocycles.